The molecule has 0 aromatic heterocycles. The lowest BCUT2D eigenvalue weighted by molar-refractivity contribution is -0.195. The maximum Gasteiger partial charge on any atom is 0.415 e. The quantitative estimate of drug-likeness (QED) is 0.671. The molecule has 0 aliphatic carbocycles. The molecular weight excluding hydrogens is 253 g/mol. The zero-order valence-corrected chi connectivity index (χ0v) is 9.81. The first-order valence-corrected chi connectivity index (χ1v) is 5.78. The zero-order valence-electron chi connectivity index (χ0n) is 8.99. The van der Waals surface area contributed by atoms with Gasteiger partial charge in [0.05, 0.1) is 0 Å². The number of aliphatic hydroxyl groups excluding tert-OH is 1. The van der Waals surface area contributed by atoms with Crippen molar-refractivity contribution in [2.75, 3.05) is 5.75 Å². The number of ketones is 1. The number of carbonyl (C=O) groups excluding carboxylic acids is 1. The van der Waals surface area contributed by atoms with Gasteiger partial charge in [-0.05, 0) is 19.1 Å². The lowest BCUT2D eigenvalue weighted by Crippen LogP contribution is -2.30. The van der Waals surface area contributed by atoms with Gasteiger partial charge in [0.2, 0.25) is 0 Å². The van der Waals surface area contributed by atoms with Crippen LogP contribution in [0.5, 0.6) is 0 Å². The Morgan fingerprint density at radius 2 is 1.88 bits per heavy atom. The Morgan fingerprint density at radius 3 is 2.29 bits per heavy atom. The summed E-state index contributed by atoms with van der Waals surface area (Å²) in [5.74, 6) is -0.556. The van der Waals surface area contributed by atoms with Gasteiger partial charge in [0.1, 0.15) is 0 Å². The number of Topliss-reactive ketones (excluding diaryl/α,β-unsaturated/α-hetero) is 1. The van der Waals surface area contributed by atoms with Crippen LogP contribution in [0.25, 0.3) is 0 Å². The predicted molar refractivity (Wildman–Crippen MR) is 59.2 cm³/mol. The number of hydrogen-bond acceptors (Lipinski definition) is 3. The largest absolute Gasteiger partial charge is 0.415 e. The summed E-state index contributed by atoms with van der Waals surface area (Å²) in [5, 5.41) is 8.79. The fourth-order valence-electron chi connectivity index (χ4n) is 1.06. The molecule has 1 aromatic rings. The van der Waals surface area contributed by atoms with Crippen molar-refractivity contribution in [3.05, 3.63) is 29.8 Å². The molecule has 0 saturated heterocycles. The van der Waals surface area contributed by atoms with Gasteiger partial charge in [-0.2, -0.15) is 13.2 Å². The van der Waals surface area contributed by atoms with E-state index in [9.17, 15) is 18.0 Å². The maximum atomic E-state index is 12.0. The minimum Gasteiger partial charge on any atom is -0.383 e. The van der Waals surface area contributed by atoms with E-state index >= 15 is 0 Å². The summed E-state index contributed by atoms with van der Waals surface area (Å²) in [5.41, 5.74) is 0.505. The van der Waals surface area contributed by atoms with E-state index in [2.05, 4.69) is 0 Å². The molecule has 0 fully saturated rings. The van der Waals surface area contributed by atoms with E-state index in [0.717, 1.165) is 11.8 Å². The van der Waals surface area contributed by atoms with Crippen LogP contribution in [-0.2, 0) is 0 Å². The minimum atomic E-state index is -4.59. The Kier molecular flexibility index (Phi) is 4.59. The van der Waals surface area contributed by atoms with Gasteiger partial charge in [0.15, 0.2) is 11.9 Å². The molecule has 0 aliphatic heterocycles. The van der Waals surface area contributed by atoms with Crippen LogP contribution in [0.4, 0.5) is 13.2 Å². The average molecular weight is 264 g/mol. The van der Waals surface area contributed by atoms with Crippen molar-refractivity contribution in [1.82, 2.24) is 0 Å². The second-order valence-corrected chi connectivity index (χ2v) is 4.54. The van der Waals surface area contributed by atoms with Crippen LogP contribution in [0, 0.1) is 0 Å². The molecule has 1 aromatic carbocycles. The summed E-state index contributed by atoms with van der Waals surface area (Å²) in [6.07, 6.45) is -6.92. The first kappa shape index (κ1) is 14.1. The third-order valence-electron chi connectivity index (χ3n) is 2.05. The van der Waals surface area contributed by atoms with Crippen LogP contribution in [0.3, 0.4) is 0 Å². The maximum absolute atomic E-state index is 12.0. The number of aliphatic hydroxyl groups is 1. The second-order valence-electron chi connectivity index (χ2n) is 3.45. The number of halogens is 3. The third-order valence-corrected chi connectivity index (χ3v) is 3.13. The fourth-order valence-corrected chi connectivity index (χ4v) is 1.92. The fraction of sp³-hybridized carbons (Fsp3) is 0.364. The number of alkyl halides is 3. The highest BCUT2D eigenvalue weighted by atomic mass is 32.2. The van der Waals surface area contributed by atoms with Gasteiger partial charge in [-0.3, -0.25) is 4.79 Å². The van der Waals surface area contributed by atoms with E-state index in [1.54, 1.807) is 24.3 Å². The van der Waals surface area contributed by atoms with Gasteiger partial charge in [0.25, 0.3) is 0 Å². The second kappa shape index (κ2) is 5.55. The molecule has 0 saturated carbocycles. The molecule has 1 rings (SSSR count). The molecule has 2 nitrogen and oxygen atoms in total. The molecule has 0 amide bonds. The van der Waals surface area contributed by atoms with Crippen LogP contribution in [0.15, 0.2) is 29.2 Å². The highest BCUT2D eigenvalue weighted by molar-refractivity contribution is 7.99. The summed E-state index contributed by atoms with van der Waals surface area (Å²) in [7, 11) is 0. The molecular formula is C11H11F3O2S. The Morgan fingerprint density at radius 1 is 1.35 bits per heavy atom. The molecule has 6 heteroatoms. The van der Waals surface area contributed by atoms with Crippen molar-refractivity contribution in [3.63, 3.8) is 0 Å². The van der Waals surface area contributed by atoms with E-state index in [-0.39, 0.29) is 5.78 Å². The first-order chi connectivity index (χ1) is 7.80. The van der Waals surface area contributed by atoms with E-state index in [0.29, 0.717) is 10.5 Å². The molecule has 0 heterocycles. The average Bonchev–Trinajstić information content (AvgIpc) is 2.25. The Bertz CT molecular complexity index is 387. The Hall–Kier alpha value is -1.01. The monoisotopic (exact) mass is 264 g/mol. The third kappa shape index (κ3) is 4.40. The van der Waals surface area contributed by atoms with Crippen LogP contribution in [0.1, 0.15) is 17.3 Å². The van der Waals surface area contributed by atoms with Gasteiger partial charge in [-0.1, -0.05) is 12.1 Å². The SMILES string of the molecule is CC(=O)c1ccc(SCC(O)C(F)(F)F)cc1. The van der Waals surface area contributed by atoms with Gasteiger partial charge in [0, 0.05) is 16.2 Å². The number of rotatable bonds is 4. The smallest absolute Gasteiger partial charge is 0.383 e. The van der Waals surface area contributed by atoms with E-state index < -0.39 is 18.0 Å². The Balaban J connectivity index is 2.56. The molecule has 0 spiro atoms. The number of carbonyl (C=O) groups is 1. The molecule has 1 unspecified atom stereocenters. The summed E-state index contributed by atoms with van der Waals surface area (Å²) in [6.45, 7) is 1.41. The van der Waals surface area contributed by atoms with Crippen molar-refractivity contribution in [2.45, 2.75) is 24.1 Å². The van der Waals surface area contributed by atoms with Gasteiger partial charge >= 0.3 is 6.18 Å². The minimum absolute atomic E-state index is 0.100. The van der Waals surface area contributed by atoms with Crippen molar-refractivity contribution in [1.29, 1.82) is 0 Å². The Labute approximate surface area is 101 Å². The lowest BCUT2D eigenvalue weighted by atomic mass is 10.2. The van der Waals surface area contributed by atoms with Crippen LogP contribution in [0.2, 0.25) is 0 Å². The van der Waals surface area contributed by atoms with Crippen LogP contribution >= 0.6 is 11.8 Å². The van der Waals surface area contributed by atoms with Gasteiger partial charge in [-0.15, -0.1) is 11.8 Å². The van der Waals surface area contributed by atoms with Crippen molar-refractivity contribution >= 4 is 17.5 Å². The molecule has 17 heavy (non-hydrogen) atoms. The molecule has 0 bridgehead atoms. The van der Waals surface area contributed by atoms with Crippen molar-refractivity contribution in [2.24, 2.45) is 0 Å². The number of hydrogen-bond donors (Lipinski definition) is 1. The van der Waals surface area contributed by atoms with Crippen molar-refractivity contribution < 1.29 is 23.1 Å². The summed E-state index contributed by atoms with van der Waals surface area (Å²) >= 11 is 0.895. The van der Waals surface area contributed by atoms with Crippen molar-refractivity contribution in [3.8, 4) is 0 Å². The van der Waals surface area contributed by atoms with Crippen LogP contribution in [-0.4, -0.2) is 28.9 Å². The first-order valence-electron chi connectivity index (χ1n) is 4.79. The summed E-state index contributed by atoms with van der Waals surface area (Å²) in [6, 6.07) is 6.21. The summed E-state index contributed by atoms with van der Waals surface area (Å²) in [4.78, 5) is 11.5. The van der Waals surface area contributed by atoms with Crippen LogP contribution < -0.4 is 0 Å². The molecule has 0 aliphatic rings. The predicted octanol–water partition coefficient (Wildman–Crippen LogP) is 2.90. The van der Waals surface area contributed by atoms with E-state index in [1.165, 1.54) is 6.92 Å². The number of benzene rings is 1. The zero-order chi connectivity index (χ0) is 13.1. The molecule has 1 atom stereocenters. The molecule has 1 N–H and O–H groups in total. The van der Waals surface area contributed by atoms with E-state index in [4.69, 9.17) is 5.11 Å². The molecule has 94 valence electrons. The highest BCUT2D eigenvalue weighted by Gasteiger charge is 2.37. The standard InChI is InChI=1S/C11H11F3O2S/c1-7(15)8-2-4-9(5-3-8)17-6-10(16)11(12,13)14/h2-5,10,16H,6H2,1H3. The highest BCUT2D eigenvalue weighted by Crippen LogP contribution is 2.26. The van der Waals surface area contributed by atoms with Gasteiger partial charge in [-0.25, -0.2) is 0 Å². The lowest BCUT2D eigenvalue weighted by Gasteiger charge is -2.13. The van der Waals surface area contributed by atoms with Gasteiger partial charge < -0.3 is 5.11 Å². The normalized spacial score (nSPS) is 13.5. The topological polar surface area (TPSA) is 37.3 Å². The number of thioether (sulfide) groups is 1. The van der Waals surface area contributed by atoms with E-state index in [1.807, 2.05) is 0 Å². The molecule has 0 radical (unpaired) electrons. The summed E-state index contributed by atoms with van der Waals surface area (Å²) < 4.78 is 36.0.